The molecule has 0 aliphatic heterocycles. The number of hydrogen-bond acceptors (Lipinski definition) is 5. The molecule has 3 aromatic rings. The first-order chi connectivity index (χ1) is 12.0. The van der Waals surface area contributed by atoms with Gasteiger partial charge in [-0.3, -0.25) is 15.2 Å². The number of aromatic nitrogens is 3. The molecule has 0 spiro atoms. The third kappa shape index (κ3) is 3.96. The maximum atomic E-state index is 12.4. The highest BCUT2D eigenvalue weighted by molar-refractivity contribution is 9.10. The Bertz CT molecular complexity index is 886. The summed E-state index contributed by atoms with van der Waals surface area (Å²) in [6.45, 7) is 4.07. The molecule has 3 rings (SSSR count). The normalized spacial score (nSPS) is 11.1. The first-order valence-corrected chi connectivity index (χ1v) is 10.5. The highest BCUT2D eigenvalue weighted by Crippen LogP contribution is 2.29. The van der Waals surface area contributed by atoms with Crippen molar-refractivity contribution in [1.82, 2.24) is 15.2 Å². The molecule has 0 saturated carbocycles. The number of anilines is 1. The fourth-order valence-corrected chi connectivity index (χ4v) is 4.19. The molecule has 1 amide bonds. The fraction of sp³-hybridized carbons (Fsp3) is 0.235. The number of carbonyl (C=O) groups excluding carboxylic acids is 1. The molecular weight excluding hydrogens is 420 g/mol. The van der Waals surface area contributed by atoms with E-state index in [4.69, 9.17) is 0 Å². The van der Waals surface area contributed by atoms with Gasteiger partial charge in [-0.2, -0.15) is 5.10 Å². The number of nitrogens with zero attached hydrogens (tertiary/aromatic N) is 2. The number of thiazole rings is 1. The summed E-state index contributed by atoms with van der Waals surface area (Å²) < 4.78 is 0.699. The molecule has 0 aliphatic rings. The Kier molecular flexibility index (Phi) is 5.61. The first-order valence-electron chi connectivity index (χ1n) is 7.64. The van der Waals surface area contributed by atoms with Crippen LogP contribution in [0.4, 0.5) is 5.13 Å². The second-order valence-corrected chi connectivity index (χ2v) is 8.21. The van der Waals surface area contributed by atoms with Gasteiger partial charge < -0.3 is 0 Å². The van der Waals surface area contributed by atoms with Gasteiger partial charge in [-0.1, -0.05) is 26.0 Å². The zero-order valence-corrected chi connectivity index (χ0v) is 17.2. The van der Waals surface area contributed by atoms with E-state index < -0.39 is 0 Å². The molecular formula is C17H17BrN4OS2. The van der Waals surface area contributed by atoms with Crippen LogP contribution in [0.1, 0.15) is 35.9 Å². The summed E-state index contributed by atoms with van der Waals surface area (Å²) in [7, 11) is 0. The maximum Gasteiger partial charge on any atom is 0.279 e. The number of thioether (sulfide) groups is 1. The Morgan fingerprint density at radius 3 is 2.64 bits per heavy atom. The number of amides is 1. The number of carbonyl (C=O) groups is 1. The Morgan fingerprint density at radius 2 is 2.04 bits per heavy atom. The molecule has 130 valence electrons. The van der Waals surface area contributed by atoms with Crippen molar-refractivity contribution in [2.45, 2.75) is 24.7 Å². The predicted molar refractivity (Wildman–Crippen MR) is 108 cm³/mol. The molecule has 0 bridgehead atoms. The minimum Gasteiger partial charge on any atom is -0.296 e. The van der Waals surface area contributed by atoms with Crippen LogP contribution in [-0.4, -0.2) is 27.3 Å². The molecule has 0 radical (unpaired) electrons. The lowest BCUT2D eigenvalue weighted by atomic mass is 10.1. The van der Waals surface area contributed by atoms with Gasteiger partial charge in [0.15, 0.2) is 10.8 Å². The predicted octanol–water partition coefficient (Wildman–Crippen LogP) is 5.39. The minimum absolute atomic E-state index is 0.249. The maximum absolute atomic E-state index is 12.4. The molecule has 2 N–H and O–H groups in total. The van der Waals surface area contributed by atoms with Crippen LogP contribution in [0, 0.1) is 0 Å². The summed E-state index contributed by atoms with van der Waals surface area (Å²) in [5, 5.41) is 12.3. The average Bonchev–Trinajstić information content (AvgIpc) is 3.21. The smallest absolute Gasteiger partial charge is 0.279 e. The quantitative estimate of drug-likeness (QED) is 0.525. The van der Waals surface area contributed by atoms with Gasteiger partial charge >= 0.3 is 0 Å². The number of benzene rings is 1. The summed E-state index contributed by atoms with van der Waals surface area (Å²) >= 11 is 6.54. The largest absolute Gasteiger partial charge is 0.296 e. The lowest BCUT2D eigenvalue weighted by Gasteiger charge is -2.02. The van der Waals surface area contributed by atoms with Crippen molar-refractivity contribution in [3.8, 4) is 11.3 Å². The summed E-state index contributed by atoms with van der Waals surface area (Å²) in [6.07, 6.45) is 2.05. The zero-order valence-electron chi connectivity index (χ0n) is 14.0. The van der Waals surface area contributed by atoms with Gasteiger partial charge in [-0.15, -0.1) is 23.1 Å². The van der Waals surface area contributed by atoms with Crippen molar-refractivity contribution in [2.24, 2.45) is 0 Å². The third-order valence-corrected chi connectivity index (χ3v) is 5.94. The second-order valence-electron chi connectivity index (χ2n) is 5.68. The average molecular weight is 437 g/mol. The van der Waals surface area contributed by atoms with Gasteiger partial charge in [0.2, 0.25) is 0 Å². The molecule has 0 saturated heterocycles. The Balaban J connectivity index is 1.75. The number of hydrogen-bond donors (Lipinski definition) is 2. The van der Waals surface area contributed by atoms with E-state index in [1.807, 2.05) is 37.6 Å². The molecule has 8 heteroatoms. The molecule has 0 atom stereocenters. The topological polar surface area (TPSA) is 70.7 Å². The van der Waals surface area contributed by atoms with Crippen LogP contribution >= 0.6 is 39.0 Å². The fourth-order valence-electron chi connectivity index (χ4n) is 2.26. The van der Waals surface area contributed by atoms with Crippen molar-refractivity contribution in [3.63, 3.8) is 0 Å². The van der Waals surface area contributed by atoms with E-state index in [1.165, 1.54) is 16.2 Å². The molecule has 0 fully saturated rings. The molecule has 2 heterocycles. The highest BCUT2D eigenvalue weighted by Gasteiger charge is 2.20. The summed E-state index contributed by atoms with van der Waals surface area (Å²) in [5.41, 5.74) is 3.11. The van der Waals surface area contributed by atoms with Gasteiger partial charge in [0, 0.05) is 15.8 Å². The van der Waals surface area contributed by atoms with Gasteiger partial charge in [0.25, 0.3) is 5.91 Å². The van der Waals surface area contributed by atoms with Gasteiger partial charge in [-0.05, 0) is 40.2 Å². The standard InChI is InChI=1S/C17H17BrN4OS2/c1-9(2)14-13(18)15(22-21-14)16(23)20-17-19-12(8-25-17)10-4-6-11(24-3)7-5-10/h4-9H,1-3H3,(H,21,22)(H,19,20,23). The van der Waals surface area contributed by atoms with E-state index in [-0.39, 0.29) is 11.8 Å². The third-order valence-electron chi connectivity index (χ3n) is 3.64. The molecule has 5 nitrogen and oxygen atoms in total. The van der Waals surface area contributed by atoms with Crippen molar-refractivity contribution in [1.29, 1.82) is 0 Å². The Hall–Kier alpha value is -1.64. The first kappa shape index (κ1) is 18.2. The molecule has 0 aliphatic carbocycles. The summed E-state index contributed by atoms with van der Waals surface area (Å²) in [6, 6.07) is 8.19. The SMILES string of the molecule is CSc1ccc(-c2csc(NC(=O)c3n[nH]c(C(C)C)c3Br)n2)cc1. The monoisotopic (exact) mass is 436 g/mol. The van der Waals surface area contributed by atoms with Crippen molar-refractivity contribution in [3.05, 3.63) is 45.5 Å². The van der Waals surface area contributed by atoms with E-state index >= 15 is 0 Å². The van der Waals surface area contributed by atoms with Crippen LogP contribution in [-0.2, 0) is 0 Å². The van der Waals surface area contributed by atoms with Crippen LogP contribution in [0.15, 0.2) is 39.0 Å². The van der Waals surface area contributed by atoms with Crippen LogP contribution in [0.5, 0.6) is 0 Å². The van der Waals surface area contributed by atoms with Gasteiger partial charge in [-0.25, -0.2) is 4.98 Å². The number of nitrogens with one attached hydrogen (secondary N) is 2. The Morgan fingerprint density at radius 1 is 1.32 bits per heavy atom. The van der Waals surface area contributed by atoms with E-state index in [1.54, 1.807) is 11.8 Å². The second kappa shape index (κ2) is 7.72. The minimum atomic E-state index is -0.284. The number of halogens is 1. The van der Waals surface area contributed by atoms with E-state index in [0.717, 1.165) is 17.0 Å². The summed E-state index contributed by atoms with van der Waals surface area (Å²) in [4.78, 5) is 18.1. The van der Waals surface area contributed by atoms with Crippen molar-refractivity contribution >= 4 is 50.1 Å². The van der Waals surface area contributed by atoms with Gasteiger partial charge in [0.05, 0.1) is 15.9 Å². The van der Waals surface area contributed by atoms with E-state index in [0.29, 0.717) is 15.3 Å². The number of H-pyrrole nitrogens is 1. The Labute approximate surface area is 162 Å². The van der Waals surface area contributed by atoms with E-state index in [9.17, 15) is 4.79 Å². The zero-order chi connectivity index (χ0) is 18.0. The van der Waals surface area contributed by atoms with Gasteiger partial charge in [0.1, 0.15) is 0 Å². The van der Waals surface area contributed by atoms with Crippen LogP contribution in [0.3, 0.4) is 0 Å². The van der Waals surface area contributed by atoms with Crippen molar-refractivity contribution in [2.75, 3.05) is 11.6 Å². The number of rotatable bonds is 5. The van der Waals surface area contributed by atoms with Crippen LogP contribution < -0.4 is 5.32 Å². The lowest BCUT2D eigenvalue weighted by molar-refractivity contribution is 0.102. The highest BCUT2D eigenvalue weighted by atomic mass is 79.9. The van der Waals surface area contributed by atoms with E-state index in [2.05, 4.69) is 48.6 Å². The molecule has 25 heavy (non-hydrogen) atoms. The lowest BCUT2D eigenvalue weighted by Crippen LogP contribution is -2.12. The van der Waals surface area contributed by atoms with Crippen molar-refractivity contribution < 1.29 is 4.79 Å². The molecule has 2 aromatic heterocycles. The van der Waals surface area contributed by atoms with Crippen LogP contribution in [0.2, 0.25) is 0 Å². The molecule has 1 aromatic carbocycles. The molecule has 0 unspecified atom stereocenters. The summed E-state index contributed by atoms with van der Waals surface area (Å²) in [5.74, 6) is -0.0344. The number of aromatic amines is 1. The van der Waals surface area contributed by atoms with Crippen LogP contribution in [0.25, 0.3) is 11.3 Å².